The van der Waals surface area contributed by atoms with Crippen molar-refractivity contribution in [3.63, 3.8) is 0 Å². The largest absolute Gasteiger partial charge is 0.490 e. The van der Waals surface area contributed by atoms with E-state index in [0.29, 0.717) is 25.6 Å². The molecular weight excluding hydrogens is 308 g/mol. The third-order valence-corrected chi connectivity index (χ3v) is 3.59. The summed E-state index contributed by atoms with van der Waals surface area (Å²) in [6.45, 7) is 11.3. The molecule has 1 aliphatic rings. The van der Waals surface area contributed by atoms with Crippen LogP contribution in [0.2, 0.25) is 0 Å². The lowest BCUT2D eigenvalue weighted by molar-refractivity contribution is 0.0126. The van der Waals surface area contributed by atoms with Crippen LogP contribution < -0.4 is 9.47 Å². The molecule has 0 spiro atoms. The number of pyridine rings is 1. The van der Waals surface area contributed by atoms with Gasteiger partial charge in [-0.3, -0.25) is 0 Å². The van der Waals surface area contributed by atoms with Gasteiger partial charge in [-0.15, -0.1) is 0 Å². The highest BCUT2D eigenvalue weighted by Crippen LogP contribution is 2.24. The molecule has 2 heterocycles. The summed E-state index contributed by atoms with van der Waals surface area (Å²) in [5.74, 6) is 1.35. The Kier molecular flexibility index (Phi) is 5.91. The van der Waals surface area contributed by atoms with Crippen LogP contribution in [-0.4, -0.2) is 47.4 Å². The van der Waals surface area contributed by atoms with E-state index in [1.807, 2.05) is 46.8 Å². The monoisotopic (exact) mass is 336 g/mol. The molecule has 0 bridgehead atoms. The van der Waals surface area contributed by atoms with Gasteiger partial charge in [0.1, 0.15) is 17.5 Å². The molecule has 1 amide bonds. The van der Waals surface area contributed by atoms with Crippen molar-refractivity contribution in [2.45, 2.75) is 59.2 Å². The Morgan fingerprint density at radius 1 is 1.29 bits per heavy atom. The van der Waals surface area contributed by atoms with E-state index in [-0.39, 0.29) is 12.2 Å². The molecule has 0 aliphatic carbocycles. The van der Waals surface area contributed by atoms with Gasteiger partial charge in [-0.1, -0.05) is 0 Å². The third kappa shape index (κ3) is 5.58. The van der Waals surface area contributed by atoms with Gasteiger partial charge in [0.2, 0.25) is 5.88 Å². The number of piperidine rings is 1. The molecule has 24 heavy (non-hydrogen) atoms. The van der Waals surface area contributed by atoms with Crippen LogP contribution in [0.4, 0.5) is 4.79 Å². The van der Waals surface area contributed by atoms with Crippen molar-refractivity contribution >= 4 is 6.09 Å². The third-order valence-electron chi connectivity index (χ3n) is 3.59. The fraction of sp³-hybridized carbons (Fsp3) is 0.667. The summed E-state index contributed by atoms with van der Waals surface area (Å²) in [7, 11) is 0. The van der Waals surface area contributed by atoms with Gasteiger partial charge >= 0.3 is 6.09 Å². The maximum Gasteiger partial charge on any atom is 0.410 e. The highest BCUT2D eigenvalue weighted by atomic mass is 16.6. The molecular formula is C18H28N2O4. The molecule has 1 aliphatic heterocycles. The van der Waals surface area contributed by atoms with E-state index < -0.39 is 5.60 Å². The van der Waals surface area contributed by atoms with E-state index in [4.69, 9.17) is 14.2 Å². The fourth-order valence-corrected chi connectivity index (χ4v) is 2.57. The lowest BCUT2D eigenvalue weighted by Gasteiger charge is -2.33. The molecule has 6 nitrogen and oxygen atoms in total. The number of hydrogen-bond acceptors (Lipinski definition) is 5. The van der Waals surface area contributed by atoms with Gasteiger partial charge in [0.15, 0.2) is 0 Å². The molecule has 0 radical (unpaired) electrons. The predicted octanol–water partition coefficient (Wildman–Crippen LogP) is 3.57. The number of amides is 1. The molecule has 1 aromatic rings. The van der Waals surface area contributed by atoms with Crippen LogP contribution in [0, 0.1) is 6.92 Å². The maximum atomic E-state index is 12.1. The number of likely N-dealkylation sites (tertiary alicyclic amines) is 1. The fourth-order valence-electron chi connectivity index (χ4n) is 2.57. The first-order chi connectivity index (χ1) is 11.3. The van der Waals surface area contributed by atoms with Crippen LogP contribution >= 0.6 is 0 Å². The van der Waals surface area contributed by atoms with Crippen LogP contribution in [0.15, 0.2) is 12.1 Å². The predicted molar refractivity (Wildman–Crippen MR) is 91.6 cm³/mol. The summed E-state index contributed by atoms with van der Waals surface area (Å²) in [6, 6.07) is 3.72. The average Bonchev–Trinajstić information content (AvgIpc) is 2.46. The summed E-state index contributed by atoms with van der Waals surface area (Å²) >= 11 is 0. The molecule has 0 saturated carbocycles. The van der Waals surface area contributed by atoms with Crippen molar-refractivity contribution in [3.05, 3.63) is 17.8 Å². The van der Waals surface area contributed by atoms with Crippen molar-refractivity contribution in [1.29, 1.82) is 0 Å². The summed E-state index contributed by atoms with van der Waals surface area (Å²) < 4.78 is 16.9. The van der Waals surface area contributed by atoms with Crippen molar-refractivity contribution in [3.8, 4) is 11.6 Å². The van der Waals surface area contributed by atoms with Crippen molar-refractivity contribution in [2.75, 3.05) is 19.7 Å². The van der Waals surface area contributed by atoms with Gasteiger partial charge in [0.05, 0.1) is 6.61 Å². The van der Waals surface area contributed by atoms with Gasteiger partial charge < -0.3 is 19.1 Å². The Morgan fingerprint density at radius 2 is 1.96 bits per heavy atom. The van der Waals surface area contributed by atoms with Gasteiger partial charge in [0.25, 0.3) is 0 Å². The van der Waals surface area contributed by atoms with Gasteiger partial charge in [0, 0.05) is 43.8 Å². The lowest BCUT2D eigenvalue weighted by atomic mass is 10.1. The molecule has 0 N–H and O–H groups in total. The van der Waals surface area contributed by atoms with Crippen LogP contribution in [0.5, 0.6) is 11.6 Å². The van der Waals surface area contributed by atoms with E-state index in [1.165, 1.54) is 0 Å². The SMILES string of the molecule is CCOc1cc(OC2CCN(C(=O)OC(C)(C)C)CC2)cc(C)n1. The molecule has 1 fully saturated rings. The Hall–Kier alpha value is -1.98. The Balaban J connectivity index is 1.88. The van der Waals surface area contributed by atoms with E-state index in [9.17, 15) is 4.79 Å². The van der Waals surface area contributed by atoms with Crippen molar-refractivity contribution in [2.24, 2.45) is 0 Å². The van der Waals surface area contributed by atoms with Crippen LogP contribution in [-0.2, 0) is 4.74 Å². The molecule has 0 atom stereocenters. The zero-order valence-electron chi connectivity index (χ0n) is 15.3. The number of nitrogens with zero attached hydrogens (tertiary/aromatic N) is 2. The topological polar surface area (TPSA) is 60.9 Å². The minimum atomic E-state index is -0.464. The zero-order chi connectivity index (χ0) is 17.7. The zero-order valence-corrected chi connectivity index (χ0v) is 15.3. The Bertz CT molecular complexity index is 561. The number of aryl methyl sites for hydroxylation is 1. The number of rotatable bonds is 4. The molecule has 1 saturated heterocycles. The van der Waals surface area contributed by atoms with Crippen LogP contribution in [0.25, 0.3) is 0 Å². The quantitative estimate of drug-likeness (QED) is 0.841. The molecule has 1 aromatic heterocycles. The second kappa shape index (κ2) is 7.73. The normalized spacial score (nSPS) is 16.0. The van der Waals surface area contributed by atoms with Crippen molar-refractivity contribution < 1.29 is 19.0 Å². The van der Waals surface area contributed by atoms with Gasteiger partial charge in [-0.2, -0.15) is 0 Å². The first-order valence-corrected chi connectivity index (χ1v) is 8.53. The number of carbonyl (C=O) groups excluding carboxylic acids is 1. The summed E-state index contributed by atoms with van der Waals surface area (Å²) in [4.78, 5) is 18.1. The minimum Gasteiger partial charge on any atom is -0.490 e. The molecule has 0 unspecified atom stereocenters. The van der Waals surface area contributed by atoms with Gasteiger partial charge in [-0.05, 0) is 34.6 Å². The first-order valence-electron chi connectivity index (χ1n) is 8.53. The molecule has 134 valence electrons. The lowest BCUT2D eigenvalue weighted by Crippen LogP contribution is -2.44. The van der Waals surface area contributed by atoms with Crippen LogP contribution in [0.3, 0.4) is 0 Å². The minimum absolute atomic E-state index is 0.0833. The second-order valence-corrected chi connectivity index (χ2v) is 7.00. The molecule has 0 aromatic carbocycles. The van der Waals surface area contributed by atoms with E-state index in [1.54, 1.807) is 4.90 Å². The highest BCUT2D eigenvalue weighted by molar-refractivity contribution is 5.68. The van der Waals surface area contributed by atoms with Gasteiger partial charge in [-0.25, -0.2) is 9.78 Å². The van der Waals surface area contributed by atoms with E-state index >= 15 is 0 Å². The smallest absolute Gasteiger partial charge is 0.410 e. The summed E-state index contributed by atoms with van der Waals surface area (Å²) in [6.07, 6.45) is 1.40. The Labute approximate surface area is 144 Å². The second-order valence-electron chi connectivity index (χ2n) is 7.00. The number of carbonyl (C=O) groups is 1. The van der Waals surface area contributed by atoms with Crippen LogP contribution in [0.1, 0.15) is 46.2 Å². The first kappa shape index (κ1) is 18.4. The average molecular weight is 336 g/mol. The maximum absolute atomic E-state index is 12.1. The number of ether oxygens (including phenoxy) is 3. The van der Waals surface area contributed by atoms with Crippen molar-refractivity contribution in [1.82, 2.24) is 9.88 Å². The van der Waals surface area contributed by atoms with E-state index in [2.05, 4.69) is 4.98 Å². The highest BCUT2D eigenvalue weighted by Gasteiger charge is 2.27. The number of hydrogen-bond donors (Lipinski definition) is 0. The summed E-state index contributed by atoms with van der Waals surface area (Å²) in [5, 5.41) is 0. The van der Waals surface area contributed by atoms with E-state index in [0.717, 1.165) is 24.3 Å². The Morgan fingerprint density at radius 3 is 2.54 bits per heavy atom. The molecule has 2 rings (SSSR count). The summed E-state index contributed by atoms with van der Waals surface area (Å²) in [5.41, 5.74) is 0.399. The standard InChI is InChI=1S/C18H28N2O4/c1-6-22-16-12-15(11-13(2)19-16)23-14-7-9-20(10-8-14)17(21)24-18(3,4)5/h11-12,14H,6-10H2,1-5H3. The molecule has 6 heteroatoms. The number of aromatic nitrogens is 1.